The predicted molar refractivity (Wildman–Crippen MR) is 101 cm³/mol. The fourth-order valence-corrected chi connectivity index (χ4v) is 3.28. The van der Waals surface area contributed by atoms with Gasteiger partial charge >= 0.3 is 0 Å². The van der Waals surface area contributed by atoms with E-state index in [0.29, 0.717) is 11.4 Å². The SMILES string of the molecule is O=C(Nc1ccccc1F)c1cc(-c2cccs2)nn1-c1ccccc1. The van der Waals surface area contributed by atoms with Crippen LogP contribution in [-0.4, -0.2) is 15.7 Å². The number of nitrogens with one attached hydrogen (secondary N) is 1. The van der Waals surface area contributed by atoms with Crippen LogP contribution in [-0.2, 0) is 0 Å². The van der Waals surface area contributed by atoms with Crippen LogP contribution in [0.4, 0.5) is 10.1 Å². The molecule has 128 valence electrons. The number of hydrogen-bond acceptors (Lipinski definition) is 3. The van der Waals surface area contributed by atoms with E-state index in [4.69, 9.17) is 0 Å². The fourth-order valence-electron chi connectivity index (χ4n) is 2.60. The number of amides is 1. The number of carbonyl (C=O) groups excluding carboxylic acids is 1. The van der Waals surface area contributed by atoms with Gasteiger partial charge in [0.05, 0.1) is 16.3 Å². The summed E-state index contributed by atoms with van der Waals surface area (Å²) in [6.07, 6.45) is 0. The Hall–Kier alpha value is -3.25. The fraction of sp³-hybridized carbons (Fsp3) is 0. The number of anilines is 1. The summed E-state index contributed by atoms with van der Waals surface area (Å²) in [7, 11) is 0. The molecule has 1 N–H and O–H groups in total. The zero-order valence-electron chi connectivity index (χ0n) is 13.6. The molecule has 0 aliphatic rings. The lowest BCUT2D eigenvalue weighted by molar-refractivity contribution is 0.101. The summed E-state index contributed by atoms with van der Waals surface area (Å²) in [5, 5.41) is 9.16. The van der Waals surface area contributed by atoms with Crippen molar-refractivity contribution < 1.29 is 9.18 Å². The Bertz CT molecular complexity index is 1040. The van der Waals surface area contributed by atoms with Crippen molar-refractivity contribution in [2.75, 3.05) is 5.32 Å². The average Bonchev–Trinajstić information content (AvgIpc) is 3.34. The Labute approximate surface area is 153 Å². The largest absolute Gasteiger partial charge is 0.318 e. The van der Waals surface area contributed by atoms with Gasteiger partial charge in [-0.2, -0.15) is 5.10 Å². The van der Waals surface area contributed by atoms with Crippen LogP contribution in [0.2, 0.25) is 0 Å². The van der Waals surface area contributed by atoms with E-state index >= 15 is 0 Å². The molecule has 26 heavy (non-hydrogen) atoms. The first-order valence-corrected chi connectivity index (χ1v) is 8.85. The van der Waals surface area contributed by atoms with Crippen LogP contribution in [0.1, 0.15) is 10.5 Å². The minimum Gasteiger partial charge on any atom is -0.318 e. The molecule has 0 atom stereocenters. The molecule has 0 saturated carbocycles. The van der Waals surface area contributed by atoms with Crippen LogP contribution < -0.4 is 5.32 Å². The molecule has 2 aromatic carbocycles. The van der Waals surface area contributed by atoms with Crippen molar-refractivity contribution in [1.82, 2.24) is 9.78 Å². The van der Waals surface area contributed by atoms with Crippen molar-refractivity contribution in [3.05, 3.63) is 89.7 Å². The Kier molecular flexibility index (Phi) is 4.33. The molecule has 0 unspecified atom stereocenters. The van der Waals surface area contributed by atoms with Crippen molar-refractivity contribution in [1.29, 1.82) is 0 Å². The average molecular weight is 363 g/mol. The van der Waals surface area contributed by atoms with Crippen LogP contribution in [0, 0.1) is 5.82 Å². The Morgan fingerprint density at radius 1 is 1.00 bits per heavy atom. The van der Waals surface area contributed by atoms with E-state index in [0.717, 1.165) is 10.6 Å². The van der Waals surface area contributed by atoms with Crippen molar-refractivity contribution in [3.8, 4) is 16.3 Å². The molecule has 4 nitrogen and oxygen atoms in total. The zero-order chi connectivity index (χ0) is 17.9. The molecule has 4 rings (SSSR count). The second-order valence-corrected chi connectivity index (χ2v) is 6.52. The maximum Gasteiger partial charge on any atom is 0.274 e. The molecule has 0 fully saturated rings. The summed E-state index contributed by atoms with van der Waals surface area (Å²) in [6, 6.07) is 21.1. The van der Waals surface area contributed by atoms with E-state index in [-0.39, 0.29) is 5.69 Å². The number of thiophene rings is 1. The summed E-state index contributed by atoms with van der Waals surface area (Å²) < 4.78 is 15.5. The highest BCUT2D eigenvalue weighted by atomic mass is 32.1. The third-order valence-electron chi connectivity index (χ3n) is 3.84. The van der Waals surface area contributed by atoms with Gasteiger partial charge in [0.1, 0.15) is 17.2 Å². The van der Waals surface area contributed by atoms with E-state index in [1.54, 1.807) is 34.2 Å². The number of nitrogens with zero attached hydrogens (tertiary/aromatic N) is 2. The number of hydrogen-bond donors (Lipinski definition) is 1. The number of aromatic nitrogens is 2. The quantitative estimate of drug-likeness (QED) is 0.555. The van der Waals surface area contributed by atoms with Gasteiger partial charge in [-0.1, -0.05) is 36.4 Å². The van der Waals surface area contributed by atoms with Crippen molar-refractivity contribution in [2.24, 2.45) is 0 Å². The first kappa shape index (κ1) is 16.2. The van der Waals surface area contributed by atoms with E-state index in [1.807, 2.05) is 47.8 Å². The molecular formula is C20H14FN3OS. The van der Waals surface area contributed by atoms with E-state index < -0.39 is 11.7 Å². The second-order valence-electron chi connectivity index (χ2n) is 5.57. The molecule has 6 heteroatoms. The molecular weight excluding hydrogens is 349 g/mol. The summed E-state index contributed by atoms with van der Waals surface area (Å²) in [6.45, 7) is 0. The van der Waals surface area contributed by atoms with Crippen molar-refractivity contribution in [3.63, 3.8) is 0 Å². The van der Waals surface area contributed by atoms with Crippen LogP contribution in [0.3, 0.4) is 0 Å². The zero-order valence-corrected chi connectivity index (χ0v) is 14.4. The number of benzene rings is 2. The van der Waals surface area contributed by atoms with Gasteiger partial charge in [-0.05, 0) is 41.8 Å². The summed E-state index contributed by atoms with van der Waals surface area (Å²) in [4.78, 5) is 13.8. The van der Waals surface area contributed by atoms with Gasteiger partial charge in [-0.3, -0.25) is 4.79 Å². The third kappa shape index (κ3) is 3.14. The Morgan fingerprint density at radius 3 is 2.50 bits per heavy atom. The molecule has 0 aliphatic heterocycles. The molecule has 0 aliphatic carbocycles. The lowest BCUT2D eigenvalue weighted by Gasteiger charge is -2.08. The Morgan fingerprint density at radius 2 is 1.77 bits per heavy atom. The van der Waals surface area contributed by atoms with E-state index in [1.165, 1.54) is 12.1 Å². The molecule has 0 saturated heterocycles. The van der Waals surface area contributed by atoms with Crippen LogP contribution in [0.25, 0.3) is 16.3 Å². The summed E-state index contributed by atoms with van der Waals surface area (Å²) >= 11 is 1.54. The van der Waals surface area contributed by atoms with Gasteiger partial charge in [0, 0.05) is 0 Å². The predicted octanol–water partition coefficient (Wildman–Crippen LogP) is 4.99. The monoisotopic (exact) mass is 363 g/mol. The van der Waals surface area contributed by atoms with E-state index in [9.17, 15) is 9.18 Å². The normalized spacial score (nSPS) is 10.7. The van der Waals surface area contributed by atoms with Gasteiger partial charge in [0.2, 0.25) is 0 Å². The van der Waals surface area contributed by atoms with Gasteiger partial charge in [-0.25, -0.2) is 9.07 Å². The maximum absolute atomic E-state index is 13.9. The smallest absolute Gasteiger partial charge is 0.274 e. The number of para-hydroxylation sites is 2. The molecule has 2 aromatic heterocycles. The Balaban J connectivity index is 1.76. The third-order valence-corrected chi connectivity index (χ3v) is 4.73. The van der Waals surface area contributed by atoms with Gasteiger partial charge < -0.3 is 5.32 Å². The molecule has 1 amide bonds. The molecule has 0 radical (unpaired) electrons. The van der Waals surface area contributed by atoms with Crippen LogP contribution >= 0.6 is 11.3 Å². The van der Waals surface area contributed by atoms with Crippen molar-refractivity contribution >= 4 is 22.9 Å². The van der Waals surface area contributed by atoms with Gasteiger partial charge in [0.15, 0.2) is 0 Å². The molecule has 0 bridgehead atoms. The number of halogens is 1. The maximum atomic E-state index is 13.9. The molecule has 4 aromatic rings. The lowest BCUT2D eigenvalue weighted by atomic mass is 10.2. The first-order valence-electron chi connectivity index (χ1n) is 7.97. The standard InChI is InChI=1S/C20H14FN3OS/c21-15-9-4-5-10-16(15)22-20(25)18-13-17(19-11-6-12-26-19)23-24(18)14-7-2-1-3-8-14/h1-13H,(H,22,25). The van der Waals surface area contributed by atoms with Gasteiger partial charge in [-0.15, -0.1) is 11.3 Å². The van der Waals surface area contributed by atoms with Gasteiger partial charge in [0.25, 0.3) is 5.91 Å². The van der Waals surface area contributed by atoms with Crippen LogP contribution in [0.5, 0.6) is 0 Å². The van der Waals surface area contributed by atoms with Crippen molar-refractivity contribution in [2.45, 2.75) is 0 Å². The molecule has 2 heterocycles. The van der Waals surface area contributed by atoms with E-state index in [2.05, 4.69) is 10.4 Å². The topological polar surface area (TPSA) is 46.9 Å². The minimum absolute atomic E-state index is 0.135. The molecule has 0 spiro atoms. The summed E-state index contributed by atoms with van der Waals surface area (Å²) in [5.41, 5.74) is 1.93. The first-order chi connectivity index (χ1) is 12.7. The number of carbonyl (C=O) groups is 1. The summed E-state index contributed by atoms with van der Waals surface area (Å²) in [5.74, 6) is -0.903. The highest BCUT2D eigenvalue weighted by Gasteiger charge is 2.19. The second kappa shape index (κ2) is 6.93. The number of rotatable bonds is 4. The highest BCUT2D eigenvalue weighted by Crippen LogP contribution is 2.26. The minimum atomic E-state index is -0.481. The lowest BCUT2D eigenvalue weighted by Crippen LogP contribution is -2.17. The highest BCUT2D eigenvalue weighted by molar-refractivity contribution is 7.13. The van der Waals surface area contributed by atoms with Crippen LogP contribution in [0.15, 0.2) is 78.2 Å².